The number of nitrogens with zero attached hydrogens (tertiary/aromatic N) is 3. The van der Waals surface area contributed by atoms with Crippen LogP contribution in [0.3, 0.4) is 0 Å². The molecule has 0 N–H and O–H groups in total. The van der Waals surface area contributed by atoms with Gasteiger partial charge in [-0.2, -0.15) is 5.10 Å². The third-order valence-electron chi connectivity index (χ3n) is 2.38. The van der Waals surface area contributed by atoms with Crippen LogP contribution in [0.2, 0.25) is 0 Å². The van der Waals surface area contributed by atoms with Crippen LogP contribution >= 0.6 is 0 Å². The van der Waals surface area contributed by atoms with Gasteiger partial charge in [-0.1, -0.05) is 0 Å². The molecule has 2 rings (SSSR count). The van der Waals surface area contributed by atoms with E-state index in [2.05, 4.69) is 5.10 Å². The van der Waals surface area contributed by atoms with E-state index in [0.29, 0.717) is 0 Å². The molecule has 1 aromatic heterocycles. The molecular formula is C8H8F2N3O2. The van der Waals surface area contributed by atoms with Crippen LogP contribution in [0.4, 0.5) is 14.5 Å². The van der Waals surface area contributed by atoms with Gasteiger partial charge in [-0.15, -0.1) is 0 Å². The Hall–Kier alpha value is -1.53. The third kappa shape index (κ3) is 1.69. The highest BCUT2D eigenvalue weighted by molar-refractivity contribution is 5.34. The number of nitro groups is 1. The molecule has 81 valence electrons. The maximum atomic E-state index is 12.4. The van der Waals surface area contributed by atoms with Gasteiger partial charge in [0, 0.05) is 0 Å². The topological polar surface area (TPSA) is 61.0 Å². The molecule has 1 saturated carbocycles. The highest BCUT2D eigenvalue weighted by atomic mass is 19.3. The Morgan fingerprint density at radius 2 is 2.20 bits per heavy atom. The van der Waals surface area contributed by atoms with Gasteiger partial charge < -0.3 is 0 Å². The van der Waals surface area contributed by atoms with E-state index in [9.17, 15) is 18.9 Å². The van der Waals surface area contributed by atoms with Crippen molar-refractivity contribution in [2.45, 2.75) is 25.7 Å². The molecule has 0 saturated heterocycles. The lowest BCUT2D eigenvalue weighted by atomic mass is 9.93. The van der Waals surface area contributed by atoms with Crippen LogP contribution in [0.15, 0.2) is 6.20 Å². The molecule has 0 amide bonds. The summed E-state index contributed by atoms with van der Waals surface area (Å²) in [5.74, 6) is 0. The summed E-state index contributed by atoms with van der Waals surface area (Å²) in [4.78, 5) is 9.65. The SMILES string of the molecule is O=[N+]([O-])c1cn([C]2CCC2)nc1C(F)F. The molecule has 1 aromatic rings. The minimum absolute atomic E-state index is 0.607. The zero-order chi connectivity index (χ0) is 11.0. The second-order valence-electron chi connectivity index (χ2n) is 3.32. The number of hydrogen-bond donors (Lipinski definition) is 0. The number of rotatable bonds is 3. The predicted molar refractivity (Wildman–Crippen MR) is 46.3 cm³/mol. The second-order valence-corrected chi connectivity index (χ2v) is 3.32. The molecular weight excluding hydrogens is 208 g/mol. The van der Waals surface area contributed by atoms with Gasteiger partial charge in [0.15, 0.2) is 0 Å². The summed E-state index contributed by atoms with van der Waals surface area (Å²) in [6, 6.07) is 0.852. The molecule has 1 aliphatic carbocycles. The van der Waals surface area contributed by atoms with E-state index in [1.807, 2.05) is 0 Å². The normalized spacial score (nSPS) is 16.7. The standard InChI is InChI=1S/C8H8F2N3O2/c9-8(10)7-6(13(14)15)4-12(11-7)5-2-1-3-5/h4,8H,1-3H2. The molecule has 15 heavy (non-hydrogen) atoms. The first kappa shape index (κ1) is 10.0. The Balaban J connectivity index is 2.34. The minimum atomic E-state index is -2.91. The van der Waals surface area contributed by atoms with Gasteiger partial charge in [-0.05, 0) is 19.3 Å². The molecule has 1 radical (unpaired) electrons. The lowest BCUT2D eigenvalue weighted by Gasteiger charge is -2.23. The lowest BCUT2D eigenvalue weighted by molar-refractivity contribution is -0.386. The molecule has 0 atom stereocenters. The van der Waals surface area contributed by atoms with Crippen molar-refractivity contribution in [3.63, 3.8) is 0 Å². The number of hydrogen-bond acceptors (Lipinski definition) is 3. The lowest BCUT2D eigenvalue weighted by Crippen LogP contribution is -2.18. The quantitative estimate of drug-likeness (QED) is 0.575. The highest BCUT2D eigenvalue weighted by Crippen LogP contribution is 2.34. The van der Waals surface area contributed by atoms with Crippen molar-refractivity contribution in [1.82, 2.24) is 9.78 Å². The number of alkyl halides is 2. The van der Waals surface area contributed by atoms with Crippen LogP contribution in [0, 0.1) is 16.2 Å². The fourth-order valence-corrected chi connectivity index (χ4v) is 1.40. The van der Waals surface area contributed by atoms with Gasteiger partial charge in [0.25, 0.3) is 6.43 Å². The largest absolute Gasteiger partial charge is 0.316 e. The molecule has 0 spiro atoms. The first-order valence-electron chi connectivity index (χ1n) is 4.47. The Morgan fingerprint density at radius 1 is 1.53 bits per heavy atom. The molecule has 0 unspecified atom stereocenters. The van der Waals surface area contributed by atoms with Crippen LogP contribution in [0.25, 0.3) is 0 Å². The van der Waals surface area contributed by atoms with Crippen LogP contribution in [-0.2, 0) is 0 Å². The Kier molecular flexibility index (Phi) is 2.37. The van der Waals surface area contributed by atoms with Crippen molar-refractivity contribution in [1.29, 1.82) is 0 Å². The van der Waals surface area contributed by atoms with E-state index in [4.69, 9.17) is 0 Å². The first-order valence-corrected chi connectivity index (χ1v) is 4.47. The fourth-order valence-electron chi connectivity index (χ4n) is 1.40. The summed E-state index contributed by atoms with van der Waals surface area (Å²) >= 11 is 0. The second kappa shape index (κ2) is 3.56. The smallest absolute Gasteiger partial charge is 0.258 e. The van der Waals surface area contributed by atoms with Gasteiger partial charge in [-0.3, -0.25) is 14.8 Å². The van der Waals surface area contributed by atoms with Gasteiger partial charge in [0.05, 0.1) is 11.0 Å². The molecule has 7 heteroatoms. The van der Waals surface area contributed by atoms with Crippen molar-refractivity contribution in [2.75, 3.05) is 0 Å². The third-order valence-corrected chi connectivity index (χ3v) is 2.38. The molecule has 0 aliphatic heterocycles. The summed E-state index contributed by atoms with van der Waals surface area (Å²) in [7, 11) is 0. The zero-order valence-corrected chi connectivity index (χ0v) is 7.69. The number of aromatic nitrogens is 2. The van der Waals surface area contributed by atoms with Crippen molar-refractivity contribution in [3.05, 3.63) is 28.0 Å². The molecule has 0 bridgehead atoms. The molecule has 1 fully saturated rings. The van der Waals surface area contributed by atoms with E-state index in [0.717, 1.165) is 31.5 Å². The fraction of sp³-hybridized carbons (Fsp3) is 0.500. The monoisotopic (exact) mass is 216 g/mol. The molecule has 1 heterocycles. The van der Waals surface area contributed by atoms with E-state index in [1.165, 1.54) is 4.68 Å². The summed E-state index contributed by atoms with van der Waals surface area (Å²) < 4.78 is 26.0. The van der Waals surface area contributed by atoms with Gasteiger partial charge in [-0.25, -0.2) is 8.78 Å². The van der Waals surface area contributed by atoms with Crippen LogP contribution in [-0.4, -0.2) is 14.7 Å². The summed E-state index contributed by atoms with van der Waals surface area (Å²) in [6.45, 7) is 0. The van der Waals surface area contributed by atoms with Crippen molar-refractivity contribution < 1.29 is 13.7 Å². The van der Waals surface area contributed by atoms with E-state index < -0.39 is 22.7 Å². The summed E-state index contributed by atoms with van der Waals surface area (Å²) in [5.41, 5.74) is -1.36. The average Bonchev–Trinajstić information content (AvgIpc) is 2.45. The maximum Gasteiger partial charge on any atom is 0.316 e. The Morgan fingerprint density at radius 3 is 2.53 bits per heavy atom. The number of halogens is 2. The first-order chi connectivity index (χ1) is 7.09. The minimum Gasteiger partial charge on any atom is -0.258 e. The summed E-state index contributed by atoms with van der Waals surface area (Å²) in [5, 5.41) is 14.0. The predicted octanol–water partition coefficient (Wildman–Crippen LogP) is 2.29. The van der Waals surface area contributed by atoms with Crippen LogP contribution in [0.5, 0.6) is 0 Å². The van der Waals surface area contributed by atoms with Crippen LogP contribution in [0.1, 0.15) is 31.4 Å². The van der Waals surface area contributed by atoms with Crippen molar-refractivity contribution >= 4 is 5.69 Å². The van der Waals surface area contributed by atoms with Crippen molar-refractivity contribution in [3.8, 4) is 0 Å². The summed E-state index contributed by atoms with van der Waals surface area (Å²) in [6.07, 6.45) is 0.666. The van der Waals surface area contributed by atoms with Gasteiger partial charge in [0.2, 0.25) is 5.69 Å². The Bertz CT molecular complexity index is 387. The van der Waals surface area contributed by atoms with Gasteiger partial charge in [0.1, 0.15) is 6.20 Å². The molecule has 5 nitrogen and oxygen atoms in total. The Labute approximate surface area is 83.8 Å². The van der Waals surface area contributed by atoms with Crippen molar-refractivity contribution in [2.24, 2.45) is 0 Å². The zero-order valence-electron chi connectivity index (χ0n) is 7.69. The highest BCUT2D eigenvalue weighted by Gasteiger charge is 2.30. The maximum absolute atomic E-state index is 12.4. The van der Waals surface area contributed by atoms with E-state index in [-0.39, 0.29) is 0 Å². The molecule has 0 aromatic carbocycles. The van der Waals surface area contributed by atoms with Gasteiger partial charge >= 0.3 is 5.69 Å². The van der Waals surface area contributed by atoms with E-state index in [1.54, 1.807) is 0 Å². The molecule has 1 aliphatic rings. The average molecular weight is 216 g/mol. The van der Waals surface area contributed by atoms with E-state index >= 15 is 0 Å². The van der Waals surface area contributed by atoms with Crippen LogP contribution < -0.4 is 0 Å².